The Morgan fingerprint density at radius 1 is 1.00 bits per heavy atom. The molecule has 154 valence electrons. The number of nitrogens with zero attached hydrogens (tertiary/aromatic N) is 6. The highest BCUT2D eigenvalue weighted by molar-refractivity contribution is 5.94. The Balaban J connectivity index is 1.25. The lowest BCUT2D eigenvalue weighted by molar-refractivity contribution is 0.0940. The molecule has 0 fully saturated rings. The van der Waals surface area contributed by atoms with Crippen LogP contribution in [0.1, 0.15) is 16.2 Å². The molecule has 0 spiro atoms. The summed E-state index contributed by atoms with van der Waals surface area (Å²) in [6, 6.07) is 18.9. The van der Waals surface area contributed by atoms with Crippen molar-refractivity contribution in [3.8, 4) is 17.3 Å². The van der Waals surface area contributed by atoms with E-state index in [4.69, 9.17) is 4.74 Å². The molecule has 9 nitrogen and oxygen atoms in total. The average molecular weight is 413 g/mol. The number of nitrogens with one attached hydrogen (secondary N) is 1. The molecule has 4 heterocycles. The minimum absolute atomic E-state index is 0.201. The topological polar surface area (TPSA) is 98.7 Å². The van der Waals surface area contributed by atoms with Gasteiger partial charge in [-0.05, 0) is 25.1 Å². The maximum absolute atomic E-state index is 12.6. The Bertz CT molecular complexity index is 1370. The Hall–Kier alpha value is -4.27. The highest BCUT2D eigenvalue weighted by Crippen LogP contribution is 2.18. The van der Waals surface area contributed by atoms with E-state index < -0.39 is 0 Å². The molecule has 0 aliphatic carbocycles. The molecule has 9 heteroatoms. The van der Waals surface area contributed by atoms with Crippen molar-refractivity contribution in [3.05, 3.63) is 78.2 Å². The van der Waals surface area contributed by atoms with Crippen LogP contribution in [0, 0.1) is 6.92 Å². The summed E-state index contributed by atoms with van der Waals surface area (Å²) < 4.78 is 9.16. The van der Waals surface area contributed by atoms with Gasteiger partial charge in [-0.15, -0.1) is 15.3 Å². The first-order valence-electron chi connectivity index (χ1n) is 9.83. The minimum atomic E-state index is -0.201. The molecule has 31 heavy (non-hydrogen) atoms. The van der Waals surface area contributed by atoms with Gasteiger partial charge in [-0.25, -0.2) is 4.98 Å². The maximum atomic E-state index is 12.6. The van der Waals surface area contributed by atoms with Crippen molar-refractivity contribution >= 4 is 17.2 Å². The van der Waals surface area contributed by atoms with Crippen LogP contribution in [0.3, 0.4) is 0 Å². The van der Waals surface area contributed by atoms with E-state index in [1.54, 1.807) is 21.0 Å². The highest BCUT2D eigenvalue weighted by Gasteiger charge is 2.16. The normalized spacial score (nSPS) is 11.1. The predicted octanol–water partition coefficient (Wildman–Crippen LogP) is 2.56. The average Bonchev–Trinajstić information content (AvgIpc) is 3.37. The third-order valence-corrected chi connectivity index (χ3v) is 4.83. The van der Waals surface area contributed by atoms with Crippen molar-refractivity contribution in [3.63, 3.8) is 0 Å². The molecule has 0 atom stereocenters. The molecule has 0 unspecified atom stereocenters. The van der Waals surface area contributed by atoms with Gasteiger partial charge in [0.1, 0.15) is 17.9 Å². The number of pyridine rings is 1. The van der Waals surface area contributed by atoms with Crippen LogP contribution in [0.5, 0.6) is 5.88 Å². The van der Waals surface area contributed by atoms with Crippen molar-refractivity contribution in [1.82, 2.24) is 34.5 Å². The number of hydrogen-bond donors (Lipinski definition) is 1. The smallest absolute Gasteiger partial charge is 0.270 e. The van der Waals surface area contributed by atoms with Gasteiger partial charge >= 0.3 is 0 Å². The number of amides is 1. The first-order chi connectivity index (χ1) is 15.2. The van der Waals surface area contributed by atoms with Gasteiger partial charge in [0.15, 0.2) is 11.5 Å². The van der Waals surface area contributed by atoms with Crippen molar-refractivity contribution in [2.24, 2.45) is 0 Å². The summed E-state index contributed by atoms with van der Waals surface area (Å²) in [6.07, 6.45) is 1.82. The fraction of sp³-hybridized carbons (Fsp3) is 0.136. The van der Waals surface area contributed by atoms with Crippen molar-refractivity contribution < 1.29 is 9.53 Å². The Labute approximate surface area is 177 Å². The molecule has 0 aliphatic heterocycles. The summed E-state index contributed by atoms with van der Waals surface area (Å²) in [6.45, 7) is 2.41. The molecule has 5 aromatic rings. The predicted molar refractivity (Wildman–Crippen MR) is 114 cm³/mol. The molecule has 0 saturated carbocycles. The van der Waals surface area contributed by atoms with Gasteiger partial charge in [0.2, 0.25) is 5.88 Å². The van der Waals surface area contributed by atoms with Crippen LogP contribution in [0.2, 0.25) is 0 Å². The zero-order valence-corrected chi connectivity index (χ0v) is 16.8. The van der Waals surface area contributed by atoms with E-state index in [-0.39, 0.29) is 12.5 Å². The van der Waals surface area contributed by atoms with Crippen LogP contribution in [-0.4, -0.2) is 48.3 Å². The van der Waals surface area contributed by atoms with Gasteiger partial charge < -0.3 is 10.1 Å². The lowest BCUT2D eigenvalue weighted by Crippen LogP contribution is -2.29. The van der Waals surface area contributed by atoms with E-state index in [2.05, 4.69) is 25.6 Å². The van der Waals surface area contributed by atoms with Gasteiger partial charge in [-0.3, -0.25) is 9.20 Å². The number of aryl methyl sites for hydroxylation is 1. The first kappa shape index (κ1) is 18.7. The van der Waals surface area contributed by atoms with Crippen LogP contribution in [0.4, 0.5) is 0 Å². The highest BCUT2D eigenvalue weighted by atomic mass is 16.5. The third-order valence-electron chi connectivity index (χ3n) is 4.83. The SMILES string of the molecule is Cc1nc2ccccn2c1C(=O)NCCOc1ccc2nnc(-c3ccccc3)n2n1. The van der Waals surface area contributed by atoms with E-state index in [1.165, 1.54) is 0 Å². The minimum Gasteiger partial charge on any atom is -0.475 e. The number of hydrogen-bond acceptors (Lipinski definition) is 6. The Morgan fingerprint density at radius 3 is 2.71 bits per heavy atom. The molecule has 1 aromatic carbocycles. The summed E-state index contributed by atoms with van der Waals surface area (Å²) in [5.41, 5.74) is 3.48. The van der Waals surface area contributed by atoms with Crippen molar-refractivity contribution in [2.75, 3.05) is 13.2 Å². The molecule has 4 aromatic heterocycles. The largest absolute Gasteiger partial charge is 0.475 e. The number of benzene rings is 1. The van der Waals surface area contributed by atoms with E-state index in [9.17, 15) is 4.79 Å². The van der Waals surface area contributed by atoms with E-state index in [1.807, 2.05) is 61.7 Å². The van der Waals surface area contributed by atoms with Gasteiger partial charge in [0.25, 0.3) is 5.91 Å². The number of carbonyl (C=O) groups is 1. The fourth-order valence-electron chi connectivity index (χ4n) is 3.41. The Morgan fingerprint density at radius 2 is 1.84 bits per heavy atom. The molecular weight excluding hydrogens is 394 g/mol. The number of ether oxygens (including phenoxy) is 1. The van der Waals surface area contributed by atoms with Gasteiger partial charge in [-0.1, -0.05) is 36.4 Å². The monoisotopic (exact) mass is 413 g/mol. The summed E-state index contributed by atoms with van der Waals surface area (Å²) in [4.78, 5) is 17.0. The maximum Gasteiger partial charge on any atom is 0.270 e. The summed E-state index contributed by atoms with van der Waals surface area (Å²) in [5.74, 6) is 0.857. The van der Waals surface area contributed by atoms with Crippen LogP contribution >= 0.6 is 0 Å². The third kappa shape index (κ3) is 3.57. The standard InChI is InChI=1S/C22H19N7O2/c1-15-20(28-13-6-5-9-17(28)24-15)22(30)23-12-14-31-19-11-10-18-25-26-21(29(18)27-19)16-7-3-2-4-8-16/h2-11,13H,12,14H2,1H3,(H,23,30). The van der Waals surface area contributed by atoms with Crippen LogP contribution in [-0.2, 0) is 0 Å². The van der Waals surface area contributed by atoms with Gasteiger partial charge in [0.05, 0.1) is 12.2 Å². The zero-order chi connectivity index (χ0) is 21.2. The van der Waals surface area contributed by atoms with E-state index in [0.29, 0.717) is 35.3 Å². The van der Waals surface area contributed by atoms with Crippen molar-refractivity contribution in [1.29, 1.82) is 0 Å². The summed E-state index contributed by atoms with van der Waals surface area (Å²) >= 11 is 0. The molecule has 1 amide bonds. The molecule has 5 rings (SSSR count). The molecule has 0 aliphatic rings. The van der Waals surface area contributed by atoms with Crippen LogP contribution in [0.15, 0.2) is 66.9 Å². The van der Waals surface area contributed by atoms with Crippen LogP contribution in [0.25, 0.3) is 22.7 Å². The number of fused-ring (bicyclic) bond motifs is 2. The molecule has 1 N–H and O–H groups in total. The first-order valence-corrected chi connectivity index (χ1v) is 9.83. The number of carbonyl (C=O) groups excluding carboxylic acids is 1. The van der Waals surface area contributed by atoms with Gasteiger partial charge in [-0.2, -0.15) is 4.52 Å². The second kappa shape index (κ2) is 7.86. The number of imidazole rings is 1. The number of aromatic nitrogens is 6. The second-order valence-electron chi connectivity index (χ2n) is 6.91. The zero-order valence-electron chi connectivity index (χ0n) is 16.8. The molecule has 0 saturated heterocycles. The van der Waals surface area contributed by atoms with Crippen LogP contribution < -0.4 is 10.1 Å². The Kier molecular flexibility index (Phi) is 4.75. The second-order valence-corrected chi connectivity index (χ2v) is 6.91. The molecular formula is C22H19N7O2. The quantitative estimate of drug-likeness (QED) is 0.430. The lowest BCUT2D eigenvalue weighted by Gasteiger charge is -2.08. The van der Waals surface area contributed by atoms with Crippen molar-refractivity contribution in [2.45, 2.75) is 6.92 Å². The molecule has 0 bridgehead atoms. The van der Waals surface area contributed by atoms with Gasteiger partial charge in [0, 0.05) is 17.8 Å². The fourth-order valence-corrected chi connectivity index (χ4v) is 3.41. The van der Waals surface area contributed by atoms with E-state index in [0.717, 1.165) is 11.2 Å². The summed E-state index contributed by atoms with van der Waals surface area (Å²) in [5, 5.41) is 15.7. The lowest BCUT2D eigenvalue weighted by atomic mass is 10.2. The summed E-state index contributed by atoms with van der Waals surface area (Å²) in [7, 11) is 0. The van der Waals surface area contributed by atoms with E-state index >= 15 is 0 Å². The number of rotatable bonds is 6. The molecule has 0 radical (unpaired) electrons.